The van der Waals surface area contributed by atoms with E-state index in [4.69, 9.17) is 10.5 Å². The number of carbonyl (C=O) groups is 1. The molecule has 2 aromatic rings. The van der Waals surface area contributed by atoms with Gasteiger partial charge in [0.25, 0.3) is 0 Å². The van der Waals surface area contributed by atoms with E-state index in [2.05, 4.69) is 26.3 Å². The number of halogens is 1. The van der Waals surface area contributed by atoms with Crippen molar-refractivity contribution in [2.45, 2.75) is 19.4 Å². The molecule has 6 nitrogen and oxygen atoms in total. The Balaban J connectivity index is 1.84. The second-order valence-electron chi connectivity index (χ2n) is 4.53. The van der Waals surface area contributed by atoms with Crippen LogP contribution in [-0.2, 0) is 11.3 Å². The molecule has 2 rings (SSSR count). The van der Waals surface area contributed by atoms with Gasteiger partial charge in [-0.15, -0.1) is 0 Å². The number of ether oxygens (including phenoxy) is 1. The molecule has 1 amide bonds. The number of methoxy groups -OCH3 is 1. The number of rotatable bonds is 6. The first-order valence-corrected chi connectivity index (χ1v) is 7.29. The zero-order valence-electron chi connectivity index (χ0n) is 11.7. The average Bonchev–Trinajstić information content (AvgIpc) is 2.86. The van der Waals surface area contributed by atoms with Gasteiger partial charge < -0.3 is 15.8 Å². The van der Waals surface area contributed by atoms with E-state index in [1.807, 2.05) is 6.20 Å². The minimum atomic E-state index is -0.0655. The molecule has 0 fully saturated rings. The molecule has 1 aromatic heterocycles. The van der Waals surface area contributed by atoms with Crippen molar-refractivity contribution >= 4 is 33.2 Å². The largest absolute Gasteiger partial charge is 0.494 e. The number of benzene rings is 1. The fourth-order valence-electron chi connectivity index (χ4n) is 1.89. The third kappa shape index (κ3) is 4.49. The van der Waals surface area contributed by atoms with E-state index < -0.39 is 0 Å². The molecule has 1 aromatic carbocycles. The molecular formula is C14H17BrN4O2. The van der Waals surface area contributed by atoms with E-state index in [1.165, 1.54) is 0 Å². The monoisotopic (exact) mass is 352 g/mol. The van der Waals surface area contributed by atoms with Crippen molar-refractivity contribution in [3.05, 3.63) is 35.1 Å². The Kier molecular flexibility index (Phi) is 5.21. The van der Waals surface area contributed by atoms with Crippen molar-refractivity contribution in [2.24, 2.45) is 0 Å². The predicted octanol–water partition coefficient (Wildman–Crippen LogP) is 2.66. The fourth-order valence-corrected chi connectivity index (χ4v) is 2.21. The number of aromatic nitrogens is 2. The van der Waals surface area contributed by atoms with E-state index >= 15 is 0 Å². The topological polar surface area (TPSA) is 82.2 Å². The lowest BCUT2D eigenvalue weighted by Crippen LogP contribution is -2.13. The van der Waals surface area contributed by atoms with Crippen LogP contribution in [0.4, 0.5) is 11.4 Å². The SMILES string of the molecule is COc1cc(N)ccc1NC(=O)CCCn1cc(Br)cn1. The number of nitrogen functional groups attached to an aromatic ring is 1. The van der Waals surface area contributed by atoms with Crippen molar-refractivity contribution in [1.29, 1.82) is 0 Å². The van der Waals surface area contributed by atoms with E-state index in [0.29, 0.717) is 36.5 Å². The summed E-state index contributed by atoms with van der Waals surface area (Å²) in [6.45, 7) is 0.692. The second kappa shape index (κ2) is 7.12. The highest BCUT2D eigenvalue weighted by atomic mass is 79.9. The molecule has 3 N–H and O–H groups in total. The number of hydrogen-bond donors (Lipinski definition) is 2. The van der Waals surface area contributed by atoms with Crippen molar-refractivity contribution in [3.8, 4) is 5.75 Å². The first-order valence-electron chi connectivity index (χ1n) is 6.50. The predicted molar refractivity (Wildman–Crippen MR) is 85.2 cm³/mol. The van der Waals surface area contributed by atoms with Gasteiger partial charge in [-0.3, -0.25) is 9.48 Å². The van der Waals surface area contributed by atoms with Gasteiger partial charge in [0.15, 0.2) is 0 Å². The van der Waals surface area contributed by atoms with Crippen LogP contribution in [0.3, 0.4) is 0 Å². The van der Waals surface area contributed by atoms with E-state index in [0.717, 1.165) is 4.47 Å². The molecule has 0 bridgehead atoms. The molecule has 0 unspecified atom stereocenters. The van der Waals surface area contributed by atoms with Gasteiger partial charge in [-0.1, -0.05) is 0 Å². The maximum atomic E-state index is 11.9. The highest BCUT2D eigenvalue weighted by Crippen LogP contribution is 2.26. The van der Waals surface area contributed by atoms with Crippen LogP contribution in [0.2, 0.25) is 0 Å². The van der Waals surface area contributed by atoms with Crippen molar-refractivity contribution in [2.75, 3.05) is 18.2 Å². The maximum absolute atomic E-state index is 11.9. The van der Waals surface area contributed by atoms with Gasteiger partial charge in [0.1, 0.15) is 5.75 Å². The number of anilines is 2. The van der Waals surface area contributed by atoms with Gasteiger partial charge in [-0.25, -0.2) is 0 Å². The van der Waals surface area contributed by atoms with E-state index in [1.54, 1.807) is 36.2 Å². The van der Waals surface area contributed by atoms with Crippen LogP contribution < -0.4 is 15.8 Å². The second-order valence-corrected chi connectivity index (χ2v) is 5.45. The maximum Gasteiger partial charge on any atom is 0.224 e. The standard InChI is InChI=1S/C14H17BrN4O2/c1-21-13-7-11(16)4-5-12(13)18-14(20)3-2-6-19-9-10(15)8-17-19/h4-5,7-9H,2-3,6,16H2,1H3,(H,18,20). The Hall–Kier alpha value is -2.02. The summed E-state index contributed by atoms with van der Waals surface area (Å²) in [5.41, 5.74) is 6.89. The van der Waals surface area contributed by atoms with Gasteiger partial charge in [0.05, 0.1) is 23.5 Å². The Morgan fingerprint density at radius 1 is 1.52 bits per heavy atom. The Morgan fingerprint density at radius 2 is 2.33 bits per heavy atom. The lowest BCUT2D eigenvalue weighted by Gasteiger charge is -2.10. The fraction of sp³-hybridized carbons (Fsp3) is 0.286. The summed E-state index contributed by atoms with van der Waals surface area (Å²) in [7, 11) is 1.54. The molecule has 21 heavy (non-hydrogen) atoms. The number of hydrogen-bond acceptors (Lipinski definition) is 4. The normalized spacial score (nSPS) is 10.4. The van der Waals surface area contributed by atoms with Gasteiger partial charge in [0.2, 0.25) is 5.91 Å². The molecule has 7 heteroatoms. The lowest BCUT2D eigenvalue weighted by molar-refractivity contribution is -0.116. The van der Waals surface area contributed by atoms with Crippen LogP contribution in [0.5, 0.6) is 5.75 Å². The summed E-state index contributed by atoms with van der Waals surface area (Å²) in [4.78, 5) is 11.9. The highest BCUT2D eigenvalue weighted by Gasteiger charge is 2.08. The van der Waals surface area contributed by atoms with Crippen LogP contribution in [0.1, 0.15) is 12.8 Å². The van der Waals surface area contributed by atoms with Crippen molar-refractivity contribution in [3.63, 3.8) is 0 Å². The summed E-state index contributed by atoms with van der Waals surface area (Å²) in [6.07, 6.45) is 4.71. The number of nitrogens with zero attached hydrogens (tertiary/aromatic N) is 2. The number of nitrogens with one attached hydrogen (secondary N) is 1. The van der Waals surface area contributed by atoms with Crippen LogP contribution >= 0.6 is 15.9 Å². The van der Waals surface area contributed by atoms with Crippen molar-refractivity contribution in [1.82, 2.24) is 9.78 Å². The summed E-state index contributed by atoms with van der Waals surface area (Å²) >= 11 is 3.33. The number of aryl methyl sites for hydroxylation is 1. The van der Waals surface area contributed by atoms with E-state index in [-0.39, 0.29) is 5.91 Å². The zero-order valence-corrected chi connectivity index (χ0v) is 13.3. The minimum absolute atomic E-state index is 0.0655. The van der Waals surface area contributed by atoms with Gasteiger partial charge in [0, 0.05) is 30.9 Å². The quantitative estimate of drug-likeness (QED) is 0.783. The van der Waals surface area contributed by atoms with Gasteiger partial charge in [-0.05, 0) is 34.5 Å². The minimum Gasteiger partial charge on any atom is -0.494 e. The van der Waals surface area contributed by atoms with Crippen LogP contribution in [0.25, 0.3) is 0 Å². The molecule has 0 radical (unpaired) electrons. The Morgan fingerprint density at radius 3 is 3.00 bits per heavy atom. The summed E-state index contributed by atoms with van der Waals surface area (Å²) in [6, 6.07) is 5.13. The van der Waals surface area contributed by atoms with Crippen LogP contribution in [-0.4, -0.2) is 22.8 Å². The molecule has 0 saturated carbocycles. The third-order valence-corrected chi connectivity index (χ3v) is 3.30. The zero-order chi connectivity index (χ0) is 15.2. The third-order valence-electron chi connectivity index (χ3n) is 2.89. The van der Waals surface area contributed by atoms with E-state index in [9.17, 15) is 4.79 Å². The van der Waals surface area contributed by atoms with Crippen LogP contribution in [0.15, 0.2) is 35.1 Å². The first kappa shape index (κ1) is 15.4. The van der Waals surface area contributed by atoms with Gasteiger partial charge in [-0.2, -0.15) is 5.10 Å². The van der Waals surface area contributed by atoms with Crippen molar-refractivity contribution < 1.29 is 9.53 Å². The lowest BCUT2D eigenvalue weighted by atomic mass is 10.2. The summed E-state index contributed by atoms with van der Waals surface area (Å²) < 4.78 is 7.91. The Bertz CT molecular complexity index is 627. The summed E-state index contributed by atoms with van der Waals surface area (Å²) in [5.74, 6) is 0.489. The molecule has 1 heterocycles. The number of nitrogens with two attached hydrogens (primary N) is 1. The molecule has 112 valence electrons. The molecule has 0 saturated heterocycles. The smallest absolute Gasteiger partial charge is 0.224 e. The number of amides is 1. The molecule has 0 aliphatic rings. The molecule has 0 spiro atoms. The average molecular weight is 353 g/mol. The summed E-state index contributed by atoms with van der Waals surface area (Å²) in [5, 5.41) is 6.96. The molecule has 0 atom stereocenters. The highest BCUT2D eigenvalue weighted by molar-refractivity contribution is 9.10. The molecule has 0 aliphatic heterocycles. The molecular weight excluding hydrogens is 336 g/mol. The number of carbonyl (C=O) groups excluding carboxylic acids is 1. The molecule has 0 aliphatic carbocycles. The van der Waals surface area contributed by atoms with Gasteiger partial charge >= 0.3 is 0 Å². The first-order chi connectivity index (χ1) is 10.1. The Labute approximate surface area is 131 Å². The van der Waals surface area contributed by atoms with Crippen LogP contribution in [0, 0.1) is 0 Å².